The first-order valence-corrected chi connectivity index (χ1v) is 7.79. The number of aryl methyl sites for hydroxylation is 2. The predicted molar refractivity (Wildman–Crippen MR) is 95.4 cm³/mol. The summed E-state index contributed by atoms with van der Waals surface area (Å²) in [6.45, 7) is 3.61. The van der Waals surface area contributed by atoms with Gasteiger partial charge in [0.25, 0.3) is 0 Å². The second kappa shape index (κ2) is 8.38. The van der Waals surface area contributed by atoms with E-state index in [2.05, 4.69) is 15.7 Å². The van der Waals surface area contributed by atoms with Crippen LogP contribution >= 0.6 is 12.2 Å². The van der Waals surface area contributed by atoms with E-state index in [9.17, 15) is 0 Å². The van der Waals surface area contributed by atoms with Gasteiger partial charge in [0.2, 0.25) is 0 Å². The molecular weight excluding hydrogens is 312 g/mol. The summed E-state index contributed by atoms with van der Waals surface area (Å²) >= 11 is 5.30. The molecule has 0 atom stereocenters. The zero-order chi connectivity index (χ0) is 16.7. The Morgan fingerprint density at radius 2 is 1.91 bits per heavy atom. The van der Waals surface area contributed by atoms with E-state index in [1.165, 1.54) is 0 Å². The van der Waals surface area contributed by atoms with Crippen LogP contribution in [-0.4, -0.2) is 35.7 Å². The largest absolute Gasteiger partial charge is 0.497 e. The van der Waals surface area contributed by atoms with Crippen LogP contribution in [0.4, 0.5) is 5.69 Å². The molecule has 1 heterocycles. The topological polar surface area (TPSA) is 60.3 Å². The van der Waals surface area contributed by atoms with Crippen molar-refractivity contribution in [2.45, 2.75) is 19.9 Å². The molecule has 0 spiro atoms. The van der Waals surface area contributed by atoms with Gasteiger partial charge in [0.1, 0.15) is 11.5 Å². The van der Waals surface area contributed by atoms with Crippen LogP contribution in [0.15, 0.2) is 30.5 Å². The third-order valence-corrected chi connectivity index (χ3v) is 3.48. The fourth-order valence-corrected chi connectivity index (χ4v) is 2.31. The van der Waals surface area contributed by atoms with Crippen LogP contribution in [0.25, 0.3) is 0 Å². The fourth-order valence-electron chi connectivity index (χ4n) is 2.09. The SMILES string of the molecule is COc1cc(NC(=S)NCCCn2ccc(C)n2)cc(OC)c1. The normalized spacial score (nSPS) is 10.2. The summed E-state index contributed by atoms with van der Waals surface area (Å²) in [7, 11) is 3.23. The number of thiocarbonyl (C=S) groups is 1. The lowest BCUT2D eigenvalue weighted by molar-refractivity contribution is 0.395. The highest BCUT2D eigenvalue weighted by Crippen LogP contribution is 2.25. The van der Waals surface area contributed by atoms with E-state index in [0.29, 0.717) is 16.6 Å². The van der Waals surface area contributed by atoms with Gasteiger partial charge in [-0.25, -0.2) is 0 Å². The van der Waals surface area contributed by atoms with Crippen molar-refractivity contribution in [3.63, 3.8) is 0 Å². The average molecular weight is 334 g/mol. The van der Waals surface area contributed by atoms with Crippen LogP contribution in [0.5, 0.6) is 11.5 Å². The number of hydrogen-bond donors (Lipinski definition) is 2. The summed E-state index contributed by atoms with van der Waals surface area (Å²) in [5.41, 5.74) is 1.85. The van der Waals surface area contributed by atoms with E-state index in [-0.39, 0.29) is 0 Å². The maximum absolute atomic E-state index is 5.30. The molecule has 1 aromatic heterocycles. The summed E-state index contributed by atoms with van der Waals surface area (Å²) in [6.07, 6.45) is 2.92. The molecule has 0 amide bonds. The van der Waals surface area contributed by atoms with Crippen molar-refractivity contribution in [3.05, 3.63) is 36.2 Å². The van der Waals surface area contributed by atoms with Crippen molar-refractivity contribution < 1.29 is 9.47 Å². The number of rotatable bonds is 7. The van der Waals surface area contributed by atoms with Gasteiger partial charge in [-0.2, -0.15) is 5.10 Å². The number of anilines is 1. The molecule has 1 aromatic carbocycles. The molecule has 0 aliphatic rings. The predicted octanol–water partition coefficient (Wildman–Crippen LogP) is 2.59. The summed E-state index contributed by atoms with van der Waals surface area (Å²) in [5.74, 6) is 1.42. The number of methoxy groups -OCH3 is 2. The monoisotopic (exact) mass is 334 g/mol. The number of benzene rings is 1. The second-order valence-corrected chi connectivity index (χ2v) is 5.46. The zero-order valence-electron chi connectivity index (χ0n) is 13.6. The van der Waals surface area contributed by atoms with Crippen LogP contribution < -0.4 is 20.1 Å². The number of ether oxygens (including phenoxy) is 2. The summed E-state index contributed by atoms with van der Waals surface area (Å²) in [5, 5.41) is 11.2. The van der Waals surface area contributed by atoms with Crippen LogP contribution in [0.1, 0.15) is 12.1 Å². The Balaban J connectivity index is 1.78. The molecule has 0 saturated carbocycles. The third-order valence-electron chi connectivity index (χ3n) is 3.23. The van der Waals surface area contributed by atoms with Gasteiger partial charge in [0.05, 0.1) is 19.9 Å². The van der Waals surface area contributed by atoms with Crippen molar-refractivity contribution in [2.24, 2.45) is 0 Å². The van der Waals surface area contributed by atoms with E-state index in [1.54, 1.807) is 14.2 Å². The summed E-state index contributed by atoms with van der Waals surface area (Å²) < 4.78 is 12.4. The standard InChI is InChI=1S/C16H22N4O2S/c1-12-5-8-20(19-12)7-4-6-17-16(23)18-13-9-14(21-2)11-15(10-13)22-3/h5,8-11H,4,6-7H2,1-3H3,(H2,17,18,23). The van der Waals surface area contributed by atoms with E-state index in [1.807, 2.05) is 42.1 Å². The maximum atomic E-state index is 5.30. The Morgan fingerprint density at radius 3 is 2.48 bits per heavy atom. The minimum Gasteiger partial charge on any atom is -0.497 e. The van der Waals surface area contributed by atoms with Crippen molar-refractivity contribution >= 4 is 23.0 Å². The number of hydrogen-bond acceptors (Lipinski definition) is 4. The number of aromatic nitrogens is 2. The van der Waals surface area contributed by atoms with E-state index >= 15 is 0 Å². The molecule has 0 fully saturated rings. The fraction of sp³-hybridized carbons (Fsp3) is 0.375. The Kier molecular flexibility index (Phi) is 6.22. The first-order chi connectivity index (χ1) is 11.1. The van der Waals surface area contributed by atoms with Gasteiger partial charge in [0, 0.05) is 43.2 Å². The number of nitrogens with zero attached hydrogens (tertiary/aromatic N) is 2. The highest BCUT2D eigenvalue weighted by atomic mass is 32.1. The van der Waals surface area contributed by atoms with Gasteiger partial charge in [-0.15, -0.1) is 0 Å². The first kappa shape index (κ1) is 17.1. The van der Waals surface area contributed by atoms with Crippen molar-refractivity contribution in [2.75, 3.05) is 26.1 Å². The van der Waals surface area contributed by atoms with Gasteiger partial charge in [-0.05, 0) is 31.6 Å². The van der Waals surface area contributed by atoms with Crippen molar-refractivity contribution in [1.29, 1.82) is 0 Å². The molecule has 6 nitrogen and oxygen atoms in total. The molecule has 124 valence electrons. The Hall–Kier alpha value is -2.28. The Morgan fingerprint density at radius 1 is 1.22 bits per heavy atom. The quantitative estimate of drug-likeness (QED) is 0.599. The van der Waals surface area contributed by atoms with Gasteiger partial charge >= 0.3 is 0 Å². The molecule has 0 aliphatic carbocycles. The van der Waals surface area contributed by atoms with Crippen LogP contribution in [-0.2, 0) is 6.54 Å². The van der Waals surface area contributed by atoms with Gasteiger partial charge in [0.15, 0.2) is 5.11 Å². The lowest BCUT2D eigenvalue weighted by Crippen LogP contribution is -2.29. The lowest BCUT2D eigenvalue weighted by Gasteiger charge is -2.13. The zero-order valence-corrected chi connectivity index (χ0v) is 14.4. The second-order valence-electron chi connectivity index (χ2n) is 5.06. The smallest absolute Gasteiger partial charge is 0.170 e. The van der Waals surface area contributed by atoms with E-state index in [4.69, 9.17) is 21.7 Å². The minimum absolute atomic E-state index is 0.567. The van der Waals surface area contributed by atoms with E-state index < -0.39 is 0 Å². The molecular formula is C16H22N4O2S. The summed E-state index contributed by atoms with van der Waals surface area (Å²) in [4.78, 5) is 0. The summed E-state index contributed by atoms with van der Waals surface area (Å²) in [6, 6.07) is 7.54. The van der Waals surface area contributed by atoms with Gasteiger partial charge in [-0.3, -0.25) is 4.68 Å². The van der Waals surface area contributed by atoms with E-state index in [0.717, 1.165) is 30.9 Å². The lowest BCUT2D eigenvalue weighted by atomic mass is 10.3. The maximum Gasteiger partial charge on any atom is 0.170 e. The average Bonchev–Trinajstić information content (AvgIpc) is 2.96. The highest BCUT2D eigenvalue weighted by Gasteiger charge is 2.03. The van der Waals surface area contributed by atoms with Crippen molar-refractivity contribution in [3.8, 4) is 11.5 Å². The molecule has 23 heavy (non-hydrogen) atoms. The Bertz CT molecular complexity index is 635. The highest BCUT2D eigenvalue weighted by molar-refractivity contribution is 7.80. The van der Waals surface area contributed by atoms with Gasteiger partial charge in [-0.1, -0.05) is 0 Å². The molecule has 0 radical (unpaired) electrons. The number of nitrogens with one attached hydrogen (secondary N) is 2. The third kappa shape index (κ3) is 5.45. The van der Waals surface area contributed by atoms with Gasteiger partial charge < -0.3 is 20.1 Å². The molecule has 2 rings (SSSR count). The minimum atomic E-state index is 0.567. The van der Waals surface area contributed by atoms with Crippen LogP contribution in [0.2, 0.25) is 0 Å². The molecule has 2 N–H and O–H groups in total. The molecule has 0 aliphatic heterocycles. The van der Waals surface area contributed by atoms with Crippen LogP contribution in [0.3, 0.4) is 0 Å². The van der Waals surface area contributed by atoms with Crippen LogP contribution in [0, 0.1) is 6.92 Å². The molecule has 7 heteroatoms. The Labute approximate surface area is 141 Å². The van der Waals surface area contributed by atoms with Crippen molar-refractivity contribution in [1.82, 2.24) is 15.1 Å². The molecule has 0 unspecified atom stereocenters. The molecule has 2 aromatic rings. The molecule has 0 saturated heterocycles. The first-order valence-electron chi connectivity index (χ1n) is 7.38. The molecule has 0 bridgehead atoms.